The Hall–Kier alpha value is -2.37. The smallest absolute Gasteiger partial charge is 0.326 e. The Morgan fingerprint density at radius 3 is 2.19 bits per heavy atom. The molecule has 1 aliphatic carbocycles. The molecule has 1 saturated carbocycles. The lowest BCUT2D eigenvalue weighted by atomic mass is 9.65. The second-order valence-electron chi connectivity index (χ2n) is 8.04. The van der Waals surface area contributed by atoms with Crippen LogP contribution in [0.4, 0.5) is 0 Å². The Morgan fingerprint density at radius 1 is 1.15 bits per heavy atom. The number of nitrogens with one attached hydrogen (secondary N) is 1. The van der Waals surface area contributed by atoms with Crippen LogP contribution < -0.4 is 5.32 Å². The van der Waals surface area contributed by atoms with Crippen molar-refractivity contribution < 1.29 is 24.6 Å². The molecule has 0 spiro atoms. The molecular formula is C20H27NO5. The zero-order valence-corrected chi connectivity index (χ0v) is 15.7. The molecule has 1 aliphatic rings. The summed E-state index contributed by atoms with van der Waals surface area (Å²) < 4.78 is 0. The van der Waals surface area contributed by atoms with E-state index < -0.39 is 34.7 Å². The predicted octanol–water partition coefficient (Wildman–Crippen LogP) is 2.63. The van der Waals surface area contributed by atoms with Gasteiger partial charge in [-0.3, -0.25) is 9.59 Å². The van der Waals surface area contributed by atoms with Crippen LogP contribution in [0.15, 0.2) is 24.3 Å². The standard InChI is InChI=1S/C20H27NO5/c1-12-5-7-13(8-6-12)11-15(17(23)24)21-16(22)14-9-10-20(4,18(25)26)19(14,2)3/h5-8,14-15H,9-11H2,1-4H3,(H,21,22)(H,23,24)(H,25,26)/t14-,15+,20+/m1/s1. The number of carbonyl (C=O) groups is 3. The molecule has 1 aromatic rings. The predicted molar refractivity (Wildman–Crippen MR) is 96.7 cm³/mol. The minimum absolute atomic E-state index is 0.185. The van der Waals surface area contributed by atoms with Gasteiger partial charge in [0, 0.05) is 12.3 Å². The molecule has 6 nitrogen and oxygen atoms in total. The summed E-state index contributed by atoms with van der Waals surface area (Å²) in [6.45, 7) is 7.15. The highest BCUT2D eigenvalue weighted by Crippen LogP contribution is 2.56. The molecule has 26 heavy (non-hydrogen) atoms. The van der Waals surface area contributed by atoms with Crippen LogP contribution in [0.3, 0.4) is 0 Å². The van der Waals surface area contributed by atoms with Crippen molar-refractivity contribution in [1.29, 1.82) is 0 Å². The molecule has 0 saturated heterocycles. The average Bonchev–Trinajstić information content (AvgIpc) is 2.79. The number of hydrogen-bond acceptors (Lipinski definition) is 3. The first kappa shape index (κ1) is 19.9. The summed E-state index contributed by atoms with van der Waals surface area (Å²) in [6, 6.07) is 6.44. The Labute approximate surface area is 153 Å². The molecule has 0 unspecified atom stereocenters. The molecule has 1 fully saturated rings. The number of aryl methyl sites for hydroxylation is 1. The van der Waals surface area contributed by atoms with Crippen molar-refractivity contribution in [1.82, 2.24) is 5.32 Å². The first-order chi connectivity index (χ1) is 12.0. The van der Waals surface area contributed by atoms with Crippen molar-refractivity contribution in [3.8, 4) is 0 Å². The molecule has 0 radical (unpaired) electrons. The molecule has 3 atom stereocenters. The van der Waals surface area contributed by atoms with Gasteiger partial charge >= 0.3 is 11.9 Å². The summed E-state index contributed by atoms with van der Waals surface area (Å²) in [5.41, 5.74) is 0.121. The van der Waals surface area contributed by atoms with E-state index in [2.05, 4.69) is 5.32 Å². The molecule has 0 bridgehead atoms. The molecule has 1 aromatic carbocycles. The van der Waals surface area contributed by atoms with Crippen LogP contribution in [0.5, 0.6) is 0 Å². The number of benzene rings is 1. The van der Waals surface area contributed by atoms with E-state index in [9.17, 15) is 24.6 Å². The molecule has 6 heteroatoms. The van der Waals surface area contributed by atoms with Crippen molar-refractivity contribution in [2.75, 3.05) is 0 Å². The highest BCUT2D eigenvalue weighted by atomic mass is 16.4. The number of carbonyl (C=O) groups excluding carboxylic acids is 1. The van der Waals surface area contributed by atoms with Crippen molar-refractivity contribution in [2.45, 2.75) is 53.0 Å². The third kappa shape index (κ3) is 3.59. The van der Waals surface area contributed by atoms with Crippen LogP contribution >= 0.6 is 0 Å². The van der Waals surface area contributed by atoms with E-state index in [-0.39, 0.29) is 12.3 Å². The SMILES string of the molecule is Cc1ccc(C[C@H](NC(=O)[C@H]2CC[C@@](C)(C(=O)O)C2(C)C)C(=O)O)cc1. The van der Waals surface area contributed by atoms with Gasteiger partial charge in [0.05, 0.1) is 5.41 Å². The van der Waals surface area contributed by atoms with Crippen molar-refractivity contribution in [3.05, 3.63) is 35.4 Å². The fourth-order valence-electron chi connectivity index (χ4n) is 3.77. The second kappa shape index (κ2) is 7.09. The number of amides is 1. The van der Waals surface area contributed by atoms with Gasteiger partial charge in [-0.25, -0.2) is 4.79 Å². The summed E-state index contributed by atoms with van der Waals surface area (Å²) >= 11 is 0. The van der Waals surface area contributed by atoms with Crippen molar-refractivity contribution >= 4 is 17.8 Å². The lowest BCUT2D eigenvalue weighted by molar-refractivity contribution is -0.155. The van der Waals surface area contributed by atoms with Crippen LogP contribution in [0, 0.1) is 23.7 Å². The summed E-state index contributed by atoms with van der Waals surface area (Å²) in [6.07, 6.45) is 1.01. The number of carboxylic acid groups (broad SMARTS) is 2. The van der Waals surface area contributed by atoms with Crippen molar-refractivity contribution in [3.63, 3.8) is 0 Å². The van der Waals surface area contributed by atoms with Crippen molar-refractivity contribution in [2.24, 2.45) is 16.7 Å². The fourth-order valence-corrected chi connectivity index (χ4v) is 3.77. The lowest BCUT2D eigenvalue weighted by Gasteiger charge is -2.38. The monoisotopic (exact) mass is 361 g/mol. The average molecular weight is 361 g/mol. The van der Waals surface area contributed by atoms with E-state index in [0.717, 1.165) is 11.1 Å². The normalized spacial score (nSPS) is 25.5. The van der Waals surface area contributed by atoms with Gasteiger partial charge in [-0.1, -0.05) is 43.7 Å². The summed E-state index contributed by atoms with van der Waals surface area (Å²) in [5, 5.41) is 21.7. The van der Waals surface area contributed by atoms with E-state index in [4.69, 9.17) is 0 Å². The van der Waals surface area contributed by atoms with E-state index in [1.165, 1.54) is 0 Å². The van der Waals surface area contributed by atoms with Gasteiger partial charge in [0.2, 0.25) is 5.91 Å². The molecule has 0 heterocycles. The van der Waals surface area contributed by atoms with Gasteiger partial charge < -0.3 is 15.5 Å². The number of hydrogen-bond donors (Lipinski definition) is 3. The van der Waals surface area contributed by atoms with E-state index in [1.807, 2.05) is 31.2 Å². The summed E-state index contributed by atoms with van der Waals surface area (Å²) in [7, 11) is 0. The largest absolute Gasteiger partial charge is 0.481 e. The fraction of sp³-hybridized carbons (Fsp3) is 0.550. The maximum atomic E-state index is 12.8. The third-order valence-electron chi connectivity index (χ3n) is 6.19. The minimum atomic E-state index is -1.10. The van der Waals surface area contributed by atoms with Gasteiger partial charge in [-0.05, 0) is 37.7 Å². The van der Waals surface area contributed by atoms with Gasteiger partial charge in [0.25, 0.3) is 0 Å². The first-order valence-electron chi connectivity index (χ1n) is 8.81. The number of rotatable bonds is 6. The highest BCUT2D eigenvalue weighted by molar-refractivity contribution is 5.87. The Morgan fingerprint density at radius 2 is 1.73 bits per heavy atom. The quantitative estimate of drug-likeness (QED) is 0.723. The maximum Gasteiger partial charge on any atom is 0.326 e. The molecule has 3 N–H and O–H groups in total. The maximum absolute atomic E-state index is 12.8. The van der Waals surface area contributed by atoms with E-state index in [1.54, 1.807) is 20.8 Å². The van der Waals surface area contributed by atoms with Crippen LogP contribution in [-0.2, 0) is 20.8 Å². The molecular weight excluding hydrogens is 334 g/mol. The number of carboxylic acids is 2. The zero-order valence-electron chi connectivity index (χ0n) is 15.7. The van der Waals surface area contributed by atoms with Gasteiger partial charge in [-0.2, -0.15) is 0 Å². The van der Waals surface area contributed by atoms with E-state index in [0.29, 0.717) is 12.8 Å². The van der Waals surface area contributed by atoms with Gasteiger partial charge in [-0.15, -0.1) is 0 Å². The highest BCUT2D eigenvalue weighted by Gasteiger charge is 2.58. The lowest BCUT2D eigenvalue weighted by Crippen LogP contribution is -2.49. The van der Waals surface area contributed by atoms with E-state index >= 15 is 0 Å². The topological polar surface area (TPSA) is 104 Å². The van der Waals surface area contributed by atoms with Crippen LogP contribution in [0.2, 0.25) is 0 Å². The number of aliphatic carboxylic acids is 2. The molecule has 0 aliphatic heterocycles. The van der Waals surface area contributed by atoms with Crippen LogP contribution in [0.1, 0.15) is 44.7 Å². The molecule has 0 aromatic heterocycles. The minimum Gasteiger partial charge on any atom is -0.481 e. The Bertz CT molecular complexity index is 709. The third-order valence-corrected chi connectivity index (χ3v) is 6.19. The first-order valence-corrected chi connectivity index (χ1v) is 8.81. The van der Waals surface area contributed by atoms with Crippen LogP contribution in [-0.4, -0.2) is 34.1 Å². The molecule has 142 valence electrons. The molecule has 1 amide bonds. The zero-order chi connectivity index (χ0) is 19.7. The molecule has 2 rings (SSSR count). The Kier molecular flexibility index (Phi) is 5.44. The van der Waals surface area contributed by atoms with Gasteiger partial charge in [0.1, 0.15) is 6.04 Å². The van der Waals surface area contributed by atoms with Crippen LogP contribution in [0.25, 0.3) is 0 Å². The summed E-state index contributed by atoms with van der Waals surface area (Å²) in [4.78, 5) is 36.1. The summed E-state index contributed by atoms with van der Waals surface area (Å²) in [5.74, 6) is -2.95. The second-order valence-corrected chi connectivity index (χ2v) is 8.04. The van der Waals surface area contributed by atoms with Gasteiger partial charge in [0.15, 0.2) is 0 Å². The Balaban J connectivity index is 2.14.